The fourth-order valence-electron chi connectivity index (χ4n) is 1.89. The number of unbranched alkanes of at least 4 members (excludes halogenated alkanes) is 3. The molecule has 0 aliphatic rings. The molecule has 0 bridgehead atoms. The van der Waals surface area contributed by atoms with Crippen LogP contribution in [0.1, 0.15) is 54.2 Å². The number of hydrogen-bond donors (Lipinski definition) is 1. The number of H-pyrrole nitrogens is 1. The topological polar surface area (TPSA) is 42.1 Å². The highest BCUT2D eigenvalue weighted by Gasteiger charge is 2.15. The summed E-state index contributed by atoms with van der Waals surface area (Å²) in [5, 5.41) is 0. The second-order valence-corrected chi connectivity index (χ2v) is 4.13. The number of esters is 1. The highest BCUT2D eigenvalue weighted by molar-refractivity contribution is 5.92. The Morgan fingerprint density at radius 2 is 2.12 bits per heavy atom. The largest absolute Gasteiger partial charge is 0.465 e. The predicted octanol–water partition coefficient (Wildman–Crippen LogP) is 3.23. The first-order chi connectivity index (χ1) is 7.70. The van der Waals surface area contributed by atoms with Crippen LogP contribution in [0.4, 0.5) is 0 Å². The summed E-state index contributed by atoms with van der Waals surface area (Å²) in [6.45, 7) is 4.12. The van der Waals surface area contributed by atoms with Crippen molar-refractivity contribution in [1.29, 1.82) is 0 Å². The van der Waals surface area contributed by atoms with Crippen molar-refractivity contribution in [3.8, 4) is 0 Å². The normalized spacial score (nSPS) is 10.4. The lowest BCUT2D eigenvalue weighted by molar-refractivity contribution is 0.0599. The van der Waals surface area contributed by atoms with Gasteiger partial charge in [0.15, 0.2) is 0 Å². The molecule has 0 spiro atoms. The molecule has 0 radical (unpaired) electrons. The minimum atomic E-state index is -0.232. The highest BCUT2D eigenvalue weighted by atomic mass is 16.5. The average Bonchev–Trinajstić information content (AvgIpc) is 2.65. The molecule has 1 heterocycles. The zero-order valence-electron chi connectivity index (χ0n) is 10.4. The van der Waals surface area contributed by atoms with Crippen LogP contribution in [0.5, 0.6) is 0 Å². The molecule has 1 aromatic heterocycles. The zero-order chi connectivity index (χ0) is 12.0. The Labute approximate surface area is 97.2 Å². The maximum absolute atomic E-state index is 11.6. The van der Waals surface area contributed by atoms with Crippen molar-refractivity contribution in [2.45, 2.75) is 46.0 Å². The SMILES string of the molecule is CCCCCCc1[nH]cc(C)c1C(=O)OC. The van der Waals surface area contributed by atoms with Crippen LogP contribution in [-0.4, -0.2) is 18.1 Å². The maximum Gasteiger partial charge on any atom is 0.339 e. The van der Waals surface area contributed by atoms with Crippen molar-refractivity contribution in [3.63, 3.8) is 0 Å². The molecule has 0 fully saturated rings. The number of methoxy groups -OCH3 is 1. The lowest BCUT2D eigenvalue weighted by Gasteiger charge is -2.03. The van der Waals surface area contributed by atoms with Crippen LogP contribution >= 0.6 is 0 Å². The van der Waals surface area contributed by atoms with E-state index >= 15 is 0 Å². The quantitative estimate of drug-likeness (QED) is 0.594. The van der Waals surface area contributed by atoms with Crippen LogP contribution in [0, 0.1) is 6.92 Å². The third kappa shape index (κ3) is 3.12. The molecule has 0 aromatic carbocycles. The summed E-state index contributed by atoms with van der Waals surface area (Å²) >= 11 is 0. The summed E-state index contributed by atoms with van der Waals surface area (Å²) in [6, 6.07) is 0. The van der Waals surface area contributed by atoms with Crippen LogP contribution in [0.2, 0.25) is 0 Å². The van der Waals surface area contributed by atoms with Gasteiger partial charge in [-0.2, -0.15) is 0 Å². The number of hydrogen-bond acceptors (Lipinski definition) is 2. The van der Waals surface area contributed by atoms with Gasteiger partial charge in [0.2, 0.25) is 0 Å². The summed E-state index contributed by atoms with van der Waals surface area (Å²) < 4.78 is 4.78. The summed E-state index contributed by atoms with van der Waals surface area (Å²) in [5.74, 6) is -0.232. The second-order valence-electron chi connectivity index (χ2n) is 4.13. The fourth-order valence-corrected chi connectivity index (χ4v) is 1.89. The Hall–Kier alpha value is -1.25. The van der Waals surface area contributed by atoms with Crippen LogP contribution in [0.25, 0.3) is 0 Å². The van der Waals surface area contributed by atoms with E-state index in [1.807, 2.05) is 13.1 Å². The molecular formula is C13H21NO2. The third-order valence-electron chi connectivity index (χ3n) is 2.83. The summed E-state index contributed by atoms with van der Waals surface area (Å²) in [5.41, 5.74) is 2.71. The lowest BCUT2D eigenvalue weighted by atomic mass is 10.1. The monoisotopic (exact) mass is 223 g/mol. The Kier molecular flexibility index (Phi) is 5.09. The van der Waals surface area contributed by atoms with Crippen molar-refractivity contribution in [2.24, 2.45) is 0 Å². The van der Waals surface area contributed by atoms with Gasteiger partial charge in [-0.25, -0.2) is 4.79 Å². The Morgan fingerprint density at radius 3 is 2.75 bits per heavy atom. The number of aromatic amines is 1. The van der Waals surface area contributed by atoms with Crippen molar-refractivity contribution in [1.82, 2.24) is 4.98 Å². The van der Waals surface area contributed by atoms with Gasteiger partial charge in [0, 0.05) is 11.9 Å². The van der Waals surface area contributed by atoms with E-state index in [9.17, 15) is 4.79 Å². The van der Waals surface area contributed by atoms with Gasteiger partial charge in [-0.05, 0) is 25.3 Å². The number of carbonyl (C=O) groups excluding carboxylic acids is 1. The van der Waals surface area contributed by atoms with Gasteiger partial charge in [0.05, 0.1) is 12.7 Å². The smallest absolute Gasteiger partial charge is 0.339 e. The van der Waals surface area contributed by atoms with E-state index in [1.165, 1.54) is 26.4 Å². The Bertz CT molecular complexity index is 342. The van der Waals surface area contributed by atoms with Crippen molar-refractivity contribution < 1.29 is 9.53 Å². The van der Waals surface area contributed by atoms with Crippen LogP contribution in [0.3, 0.4) is 0 Å². The first-order valence-corrected chi connectivity index (χ1v) is 5.95. The molecule has 0 saturated heterocycles. The maximum atomic E-state index is 11.6. The van der Waals surface area contributed by atoms with E-state index in [0.29, 0.717) is 0 Å². The molecule has 3 heteroatoms. The molecule has 3 nitrogen and oxygen atoms in total. The number of aromatic nitrogens is 1. The Balaban J connectivity index is 2.62. The van der Waals surface area contributed by atoms with E-state index < -0.39 is 0 Å². The molecule has 16 heavy (non-hydrogen) atoms. The molecule has 0 aliphatic carbocycles. The molecular weight excluding hydrogens is 202 g/mol. The number of rotatable bonds is 6. The molecule has 1 N–H and O–H groups in total. The molecule has 0 amide bonds. The van der Waals surface area contributed by atoms with Gasteiger partial charge in [-0.3, -0.25) is 0 Å². The molecule has 1 aromatic rings. The van der Waals surface area contributed by atoms with Gasteiger partial charge in [-0.15, -0.1) is 0 Å². The van der Waals surface area contributed by atoms with Gasteiger partial charge >= 0.3 is 5.97 Å². The highest BCUT2D eigenvalue weighted by Crippen LogP contribution is 2.17. The van der Waals surface area contributed by atoms with Crippen molar-refractivity contribution in [2.75, 3.05) is 7.11 Å². The lowest BCUT2D eigenvalue weighted by Crippen LogP contribution is -2.05. The van der Waals surface area contributed by atoms with Crippen LogP contribution < -0.4 is 0 Å². The second kappa shape index (κ2) is 6.36. The summed E-state index contributed by atoms with van der Waals surface area (Å²) in [6.07, 6.45) is 7.63. The van der Waals surface area contributed by atoms with E-state index in [-0.39, 0.29) is 5.97 Å². The fraction of sp³-hybridized carbons (Fsp3) is 0.615. The van der Waals surface area contributed by atoms with Gasteiger partial charge in [-0.1, -0.05) is 26.2 Å². The average molecular weight is 223 g/mol. The van der Waals surface area contributed by atoms with E-state index in [0.717, 1.165) is 29.7 Å². The molecule has 90 valence electrons. The standard InChI is InChI=1S/C13H21NO2/c1-4-5-6-7-8-11-12(13(15)16-3)10(2)9-14-11/h9,14H,4-8H2,1-3H3. The van der Waals surface area contributed by atoms with E-state index in [1.54, 1.807) is 0 Å². The van der Waals surface area contributed by atoms with Crippen LogP contribution in [0.15, 0.2) is 6.20 Å². The number of carbonyl (C=O) groups is 1. The molecule has 0 atom stereocenters. The summed E-state index contributed by atoms with van der Waals surface area (Å²) in [7, 11) is 1.43. The number of aryl methyl sites for hydroxylation is 2. The zero-order valence-corrected chi connectivity index (χ0v) is 10.4. The molecule has 0 unspecified atom stereocenters. The van der Waals surface area contributed by atoms with Crippen molar-refractivity contribution in [3.05, 3.63) is 23.0 Å². The van der Waals surface area contributed by atoms with E-state index in [4.69, 9.17) is 4.74 Å². The van der Waals surface area contributed by atoms with Gasteiger partial charge in [0.25, 0.3) is 0 Å². The van der Waals surface area contributed by atoms with E-state index in [2.05, 4.69) is 11.9 Å². The minimum Gasteiger partial charge on any atom is -0.465 e. The van der Waals surface area contributed by atoms with Crippen molar-refractivity contribution >= 4 is 5.97 Å². The third-order valence-corrected chi connectivity index (χ3v) is 2.83. The Morgan fingerprint density at radius 1 is 1.38 bits per heavy atom. The molecule has 0 aliphatic heterocycles. The number of nitrogens with one attached hydrogen (secondary N) is 1. The predicted molar refractivity (Wildman–Crippen MR) is 64.7 cm³/mol. The number of ether oxygens (including phenoxy) is 1. The van der Waals surface area contributed by atoms with Gasteiger partial charge < -0.3 is 9.72 Å². The molecule has 1 rings (SSSR count). The minimum absolute atomic E-state index is 0.232. The first-order valence-electron chi connectivity index (χ1n) is 5.95. The van der Waals surface area contributed by atoms with Gasteiger partial charge in [0.1, 0.15) is 0 Å². The summed E-state index contributed by atoms with van der Waals surface area (Å²) in [4.78, 5) is 14.7. The van der Waals surface area contributed by atoms with Crippen LogP contribution in [-0.2, 0) is 11.2 Å². The molecule has 0 saturated carbocycles. The first kappa shape index (κ1) is 12.8.